The van der Waals surface area contributed by atoms with Crippen LogP contribution in [0.4, 0.5) is 5.69 Å². The van der Waals surface area contributed by atoms with Crippen LogP contribution >= 0.6 is 27.7 Å². The van der Waals surface area contributed by atoms with E-state index < -0.39 is 22.6 Å². The predicted molar refractivity (Wildman–Crippen MR) is 172 cm³/mol. The molecule has 42 heavy (non-hydrogen) atoms. The van der Waals surface area contributed by atoms with Crippen molar-refractivity contribution in [3.63, 3.8) is 0 Å². The number of halogens is 1. The molecule has 2 amide bonds. The van der Waals surface area contributed by atoms with Crippen molar-refractivity contribution in [2.75, 3.05) is 31.2 Å². The molecule has 3 aliphatic rings. The number of aliphatic hydroxyl groups is 1. The van der Waals surface area contributed by atoms with Gasteiger partial charge >= 0.3 is 5.97 Å². The number of anilines is 1. The first-order valence-electron chi connectivity index (χ1n) is 14.8. The molecule has 3 aliphatic heterocycles. The third-order valence-corrected chi connectivity index (χ3v) is 12.0. The van der Waals surface area contributed by atoms with Crippen molar-refractivity contribution in [3.8, 4) is 0 Å². The number of hydrogen-bond donors (Lipinski definition) is 1. The number of aliphatic hydroxyl groups excluding tert-OH is 1. The number of nitrogens with zero attached hydrogens (tertiary/aromatic N) is 2. The van der Waals surface area contributed by atoms with Crippen LogP contribution in [0.3, 0.4) is 0 Å². The van der Waals surface area contributed by atoms with Gasteiger partial charge in [0, 0.05) is 35.5 Å². The lowest BCUT2D eigenvalue weighted by molar-refractivity contribution is -0.154. The summed E-state index contributed by atoms with van der Waals surface area (Å²) in [6, 6.07) is 13.3. The number of likely N-dealkylation sites (tertiary alicyclic amines) is 1. The fourth-order valence-electron chi connectivity index (χ4n) is 6.95. The fourth-order valence-corrected chi connectivity index (χ4v) is 10.5. The largest absolute Gasteiger partial charge is 0.465 e. The van der Waals surface area contributed by atoms with Gasteiger partial charge in [-0.1, -0.05) is 71.3 Å². The number of alkyl halides is 1. The maximum atomic E-state index is 14.8. The standard InChI is InChI=1S/C33H39BrN2O5S/c1-3-5-19-41-32(40)26-27-30(38)36(17-10-6-7-11-18-37)29(33(27)21-25(34)28(26)42-33)31(39)35(16-4-2)24-15-14-22-12-8-9-13-23(22)20-24/h3-4,8-9,12-15,20,25-29,37H,1-2,5-7,10-11,16-19,21H2/t25?,26-,27-,28-,29?,33?/m0/s1. The van der Waals surface area contributed by atoms with E-state index in [9.17, 15) is 19.5 Å². The summed E-state index contributed by atoms with van der Waals surface area (Å²) in [5.74, 6) is -1.88. The summed E-state index contributed by atoms with van der Waals surface area (Å²) >= 11 is 5.44. The first-order valence-corrected chi connectivity index (χ1v) is 16.6. The average molecular weight is 656 g/mol. The molecule has 5 rings (SSSR count). The minimum atomic E-state index is -0.740. The number of carbonyl (C=O) groups is 3. The van der Waals surface area contributed by atoms with Gasteiger partial charge in [0.25, 0.3) is 5.91 Å². The van der Waals surface area contributed by atoms with Crippen molar-refractivity contribution < 1.29 is 24.2 Å². The number of carbonyl (C=O) groups excluding carboxylic acids is 3. The van der Waals surface area contributed by atoms with E-state index in [0.717, 1.165) is 35.7 Å². The van der Waals surface area contributed by atoms with Crippen LogP contribution in [0, 0.1) is 11.8 Å². The average Bonchev–Trinajstić information content (AvgIpc) is 3.58. The van der Waals surface area contributed by atoms with Gasteiger partial charge in [0.15, 0.2) is 0 Å². The van der Waals surface area contributed by atoms with Crippen molar-refractivity contribution >= 4 is 61.9 Å². The normalized spacial score (nSPS) is 27.7. The Morgan fingerprint density at radius 2 is 1.88 bits per heavy atom. The summed E-state index contributed by atoms with van der Waals surface area (Å²) in [4.78, 5) is 46.0. The molecule has 3 unspecified atom stereocenters. The number of amides is 2. The van der Waals surface area contributed by atoms with E-state index in [-0.39, 0.29) is 41.1 Å². The van der Waals surface area contributed by atoms with Gasteiger partial charge in [-0.15, -0.1) is 24.9 Å². The predicted octanol–water partition coefficient (Wildman–Crippen LogP) is 5.50. The van der Waals surface area contributed by atoms with Gasteiger partial charge in [-0.05, 0) is 48.6 Å². The lowest BCUT2D eigenvalue weighted by Gasteiger charge is -2.38. The molecule has 7 nitrogen and oxygen atoms in total. The van der Waals surface area contributed by atoms with Gasteiger partial charge in [-0.2, -0.15) is 0 Å². The molecule has 0 aromatic heterocycles. The number of esters is 1. The van der Waals surface area contributed by atoms with Crippen LogP contribution in [0.25, 0.3) is 10.8 Å². The zero-order valence-corrected chi connectivity index (χ0v) is 26.2. The highest BCUT2D eigenvalue weighted by Crippen LogP contribution is 2.68. The van der Waals surface area contributed by atoms with Gasteiger partial charge in [0.2, 0.25) is 5.91 Å². The number of benzene rings is 2. The van der Waals surface area contributed by atoms with Gasteiger partial charge in [-0.25, -0.2) is 0 Å². The highest BCUT2D eigenvalue weighted by molar-refractivity contribution is 9.09. The van der Waals surface area contributed by atoms with E-state index in [0.29, 0.717) is 32.4 Å². The first-order chi connectivity index (χ1) is 20.4. The van der Waals surface area contributed by atoms with E-state index in [1.807, 2.05) is 42.5 Å². The Labute approximate surface area is 260 Å². The lowest BCUT2D eigenvalue weighted by Crippen LogP contribution is -2.55. The monoisotopic (exact) mass is 654 g/mol. The number of fused-ring (bicyclic) bond motifs is 2. The molecule has 2 aromatic rings. The van der Waals surface area contributed by atoms with E-state index in [1.165, 1.54) is 0 Å². The summed E-state index contributed by atoms with van der Waals surface area (Å²) in [6.07, 6.45) is 7.69. The lowest BCUT2D eigenvalue weighted by atomic mass is 9.71. The Balaban J connectivity index is 1.52. The number of hydrogen-bond acceptors (Lipinski definition) is 6. The zero-order chi connectivity index (χ0) is 29.9. The van der Waals surface area contributed by atoms with Crippen molar-refractivity contribution in [2.45, 2.75) is 59.4 Å². The zero-order valence-electron chi connectivity index (χ0n) is 23.8. The molecule has 224 valence electrons. The molecule has 2 bridgehead atoms. The van der Waals surface area contributed by atoms with Gasteiger partial charge in [0.1, 0.15) is 6.04 Å². The second-order valence-electron chi connectivity index (χ2n) is 11.3. The summed E-state index contributed by atoms with van der Waals surface area (Å²) < 4.78 is 4.89. The van der Waals surface area contributed by atoms with Crippen molar-refractivity contribution in [1.82, 2.24) is 4.90 Å². The minimum Gasteiger partial charge on any atom is -0.465 e. The maximum absolute atomic E-state index is 14.8. The second-order valence-corrected chi connectivity index (χ2v) is 14.1. The number of ether oxygens (including phenoxy) is 1. The van der Waals surface area contributed by atoms with Crippen LogP contribution in [0.2, 0.25) is 0 Å². The van der Waals surface area contributed by atoms with Gasteiger partial charge in [0.05, 0.1) is 23.2 Å². The quantitative estimate of drug-likeness (QED) is 0.125. The highest BCUT2D eigenvalue weighted by atomic mass is 79.9. The summed E-state index contributed by atoms with van der Waals surface area (Å²) in [5.41, 5.74) is 0.752. The highest BCUT2D eigenvalue weighted by Gasteiger charge is 2.76. The third-order valence-electron chi connectivity index (χ3n) is 8.79. The van der Waals surface area contributed by atoms with Crippen LogP contribution in [-0.2, 0) is 19.1 Å². The molecule has 3 fully saturated rings. The molecule has 9 heteroatoms. The molecular formula is C33H39BrN2O5S. The molecular weight excluding hydrogens is 616 g/mol. The van der Waals surface area contributed by atoms with Crippen molar-refractivity contribution in [3.05, 3.63) is 67.8 Å². The van der Waals surface area contributed by atoms with Gasteiger partial charge in [-0.3, -0.25) is 14.4 Å². The Morgan fingerprint density at radius 1 is 1.12 bits per heavy atom. The topological polar surface area (TPSA) is 87.1 Å². The Bertz CT molecular complexity index is 1350. The molecule has 2 aromatic carbocycles. The van der Waals surface area contributed by atoms with Crippen molar-refractivity contribution in [1.29, 1.82) is 0 Å². The minimum absolute atomic E-state index is 0.0168. The Hall–Kier alpha value is -2.62. The fraction of sp³-hybridized carbons (Fsp3) is 0.485. The van der Waals surface area contributed by atoms with E-state index in [4.69, 9.17) is 4.74 Å². The second kappa shape index (κ2) is 13.3. The smallest absolute Gasteiger partial charge is 0.310 e. The SMILES string of the molecule is C=CCCOC(=O)[C@H]1[C@H]2C(=O)N(CCCCCCO)C(C(=O)N(CC=C)c3ccc4ccccc4c3)C23CC(Br)[C@@H]1S3. The maximum Gasteiger partial charge on any atom is 0.310 e. The number of rotatable bonds is 14. The summed E-state index contributed by atoms with van der Waals surface area (Å²) in [7, 11) is 0. The first kappa shape index (κ1) is 30.8. The molecule has 0 radical (unpaired) electrons. The summed E-state index contributed by atoms with van der Waals surface area (Å²) in [5, 5.41) is 11.2. The van der Waals surface area contributed by atoms with Crippen molar-refractivity contribution in [2.24, 2.45) is 11.8 Å². The van der Waals surface area contributed by atoms with E-state index in [2.05, 4.69) is 29.1 Å². The van der Waals surface area contributed by atoms with Crippen LogP contribution in [0.15, 0.2) is 67.8 Å². The molecule has 3 saturated heterocycles. The van der Waals surface area contributed by atoms with Crippen LogP contribution in [-0.4, -0.2) is 75.0 Å². The Morgan fingerprint density at radius 3 is 2.62 bits per heavy atom. The number of unbranched alkanes of at least 4 members (excludes halogenated alkanes) is 3. The molecule has 1 N–H and O–H groups in total. The number of thioether (sulfide) groups is 1. The van der Waals surface area contributed by atoms with Gasteiger partial charge < -0.3 is 19.6 Å². The molecule has 1 spiro atoms. The molecule has 3 heterocycles. The van der Waals surface area contributed by atoms with Crippen LogP contribution in [0.5, 0.6) is 0 Å². The molecule has 0 saturated carbocycles. The summed E-state index contributed by atoms with van der Waals surface area (Å²) in [6.45, 7) is 8.72. The molecule has 0 aliphatic carbocycles. The van der Waals surface area contributed by atoms with Crippen LogP contribution in [0.1, 0.15) is 38.5 Å². The Kier molecular flexibility index (Phi) is 9.80. The van der Waals surface area contributed by atoms with E-state index in [1.54, 1.807) is 33.7 Å². The van der Waals surface area contributed by atoms with Crippen LogP contribution < -0.4 is 4.90 Å². The molecule has 6 atom stereocenters. The van der Waals surface area contributed by atoms with E-state index >= 15 is 0 Å². The third kappa shape index (κ3) is 5.55.